The lowest BCUT2D eigenvalue weighted by Crippen LogP contribution is -2.31. The molecule has 0 fully saturated rings. The van der Waals surface area contributed by atoms with Crippen molar-refractivity contribution in [3.8, 4) is 0 Å². The molecule has 120 valence electrons. The van der Waals surface area contributed by atoms with Crippen molar-refractivity contribution in [2.45, 2.75) is 13.3 Å². The normalized spacial score (nSPS) is 10.4. The Morgan fingerprint density at radius 3 is 2.33 bits per heavy atom. The summed E-state index contributed by atoms with van der Waals surface area (Å²) < 4.78 is 0. The van der Waals surface area contributed by atoms with E-state index in [-0.39, 0.29) is 5.11 Å². The number of nitrogens with zero attached hydrogens (tertiary/aromatic N) is 2. The van der Waals surface area contributed by atoms with E-state index < -0.39 is 0 Å². The fraction of sp³-hybridized carbons (Fsp3) is 0.100. The molecule has 3 aromatic rings. The molecule has 0 bridgehead atoms. The summed E-state index contributed by atoms with van der Waals surface area (Å²) in [5, 5.41) is 0.279. The van der Waals surface area contributed by atoms with Crippen LogP contribution >= 0.6 is 12.2 Å². The van der Waals surface area contributed by atoms with Crippen LogP contribution in [0.1, 0.15) is 16.8 Å². The minimum absolute atomic E-state index is 0.279. The Bertz CT molecular complexity index is 829. The second-order valence-corrected chi connectivity index (χ2v) is 6.08. The van der Waals surface area contributed by atoms with Gasteiger partial charge in [0.1, 0.15) is 5.82 Å². The molecule has 24 heavy (non-hydrogen) atoms. The van der Waals surface area contributed by atoms with Crippen molar-refractivity contribution in [2.24, 2.45) is 5.73 Å². The van der Waals surface area contributed by atoms with Crippen molar-refractivity contribution < 1.29 is 0 Å². The molecule has 3 rings (SSSR count). The van der Waals surface area contributed by atoms with Crippen LogP contribution in [0.5, 0.6) is 0 Å². The van der Waals surface area contributed by atoms with E-state index in [1.807, 2.05) is 48.5 Å². The van der Waals surface area contributed by atoms with Crippen molar-refractivity contribution >= 4 is 28.8 Å². The highest BCUT2D eigenvalue weighted by Gasteiger charge is 2.13. The molecule has 0 saturated carbocycles. The first kappa shape index (κ1) is 16.1. The summed E-state index contributed by atoms with van der Waals surface area (Å²) in [4.78, 5) is 6.53. The number of para-hydroxylation sites is 1. The number of aromatic nitrogens is 1. The molecule has 2 aromatic carbocycles. The molecule has 0 aliphatic rings. The van der Waals surface area contributed by atoms with E-state index in [1.165, 1.54) is 11.1 Å². The molecule has 0 spiro atoms. The monoisotopic (exact) mass is 333 g/mol. The van der Waals surface area contributed by atoms with Gasteiger partial charge in [-0.3, -0.25) is 4.90 Å². The molecule has 1 heterocycles. The second-order valence-electron chi connectivity index (χ2n) is 5.66. The third kappa shape index (κ3) is 3.78. The van der Waals surface area contributed by atoms with E-state index in [0.717, 1.165) is 23.6 Å². The minimum atomic E-state index is 0.279. The maximum atomic E-state index is 5.94. The summed E-state index contributed by atoms with van der Waals surface area (Å²) >= 11 is 5.23. The van der Waals surface area contributed by atoms with Gasteiger partial charge in [-0.2, -0.15) is 0 Å². The summed E-state index contributed by atoms with van der Waals surface area (Å²) in [6.45, 7) is 2.09. The van der Waals surface area contributed by atoms with Gasteiger partial charge in [0, 0.05) is 17.8 Å². The molecular weight excluding hydrogens is 314 g/mol. The van der Waals surface area contributed by atoms with E-state index in [4.69, 9.17) is 22.9 Å². The number of thiocarbonyl (C=S) groups is 1. The smallest absolute Gasteiger partial charge is 0.176 e. The molecule has 0 atom stereocenters. The van der Waals surface area contributed by atoms with Gasteiger partial charge in [0.2, 0.25) is 0 Å². The summed E-state index contributed by atoms with van der Waals surface area (Å²) in [6.07, 6.45) is 0.772. The predicted molar refractivity (Wildman–Crippen MR) is 104 cm³/mol. The van der Waals surface area contributed by atoms with Gasteiger partial charge in [-0.05, 0) is 49.0 Å². The SMILES string of the molecule is Cc1ccc(Cc2cccc(N(C(N)=S)c3ccccc3)n2)cc1. The van der Waals surface area contributed by atoms with Crippen LogP contribution in [0.15, 0.2) is 72.8 Å². The first-order valence-corrected chi connectivity index (χ1v) is 8.20. The van der Waals surface area contributed by atoms with Gasteiger partial charge in [-0.25, -0.2) is 4.98 Å². The maximum Gasteiger partial charge on any atom is 0.176 e. The van der Waals surface area contributed by atoms with Crippen molar-refractivity contribution in [3.05, 3.63) is 89.6 Å². The molecular formula is C20H19N3S. The number of hydrogen-bond acceptors (Lipinski definition) is 2. The minimum Gasteiger partial charge on any atom is -0.376 e. The zero-order chi connectivity index (χ0) is 16.9. The van der Waals surface area contributed by atoms with Crippen LogP contribution in [-0.2, 0) is 6.42 Å². The van der Waals surface area contributed by atoms with Crippen LogP contribution in [0, 0.1) is 6.92 Å². The summed E-state index contributed by atoms with van der Waals surface area (Å²) in [5.74, 6) is 0.735. The number of hydrogen-bond donors (Lipinski definition) is 1. The second kappa shape index (κ2) is 7.23. The van der Waals surface area contributed by atoms with Gasteiger partial charge in [0.05, 0.1) is 0 Å². The lowest BCUT2D eigenvalue weighted by Gasteiger charge is -2.22. The molecule has 0 radical (unpaired) electrons. The van der Waals surface area contributed by atoms with Gasteiger partial charge >= 0.3 is 0 Å². The predicted octanol–water partition coefficient (Wildman–Crippen LogP) is 4.36. The number of benzene rings is 2. The Labute approximate surface area is 147 Å². The van der Waals surface area contributed by atoms with Crippen LogP contribution in [0.4, 0.5) is 11.5 Å². The van der Waals surface area contributed by atoms with E-state index in [0.29, 0.717) is 0 Å². The molecule has 0 aliphatic heterocycles. The molecule has 4 heteroatoms. The standard InChI is InChI=1S/C20H19N3S/c1-15-10-12-16(13-11-15)14-17-6-5-9-19(22-17)23(20(21)24)18-7-3-2-4-8-18/h2-13H,14H2,1H3,(H2,21,24). The van der Waals surface area contributed by atoms with Crippen LogP contribution in [0.2, 0.25) is 0 Å². The van der Waals surface area contributed by atoms with Crippen molar-refractivity contribution in [1.82, 2.24) is 4.98 Å². The molecule has 0 amide bonds. The Morgan fingerprint density at radius 1 is 0.958 bits per heavy atom. The third-order valence-electron chi connectivity index (χ3n) is 3.76. The van der Waals surface area contributed by atoms with Crippen LogP contribution in [0.25, 0.3) is 0 Å². The lowest BCUT2D eigenvalue weighted by molar-refractivity contribution is 1.06. The summed E-state index contributed by atoms with van der Waals surface area (Å²) in [7, 11) is 0. The van der Waals surface area contributed by atoms with Gasteiger partial charge in [-0.1, -0.05) is 54.1 Å². The average molecular weight is 333 g/mol. The number of nitrogens with two attached hydrogens (primary N) is 1. The van der Waals surface area contributed by atoms with Crippen molar-refractivity contribution in [2.75, 3.05) is 4.90 Å². The number of rotatable bonds is 4. The Balaban J connectivity index is 1.91. The highest BCUT2D eigenvalue weighted by Crippen LogP contribution is 2.24. The zero-order valence-corrected chi connectivity index (χ0v) is 14.3. The van der Waals surface area contributed by atoms with Gasteiger partial charge < -0.3 is 5.73 Å². The highest BCUT2D eigenvalue weighted by molar-refractivity contribution is 7.80. The lowest BCUT2D eigenvalue weighted by atomic mass is 10.1. The van der Waals surface area contributed by atoms with E-state index >= 15 is 0 Å². The number of pyridine rings is 1. The first-order chi connectivity index (χ1) is 11.6. The summed E-state index contributed by atoms with van der Waals surface area (Å²) in [5.41, 5.74) is 10.3. The third-order valence-corrected chi connectivity index (χ3v) is 3.94. The molecule has 0 unspecified atom stereocenters. The zero-order valence-electron chi connectivity index (χ0n) is 13.5. The van der Waals surface area contributed by atoms with Crippen molar-refractivity contribution in [1.29, 1.82) is 0 Å². The van der Waals surface area contributed by atoms with Crippen LogP contribution in [0.3, 0.4) is 0 Å². The van der Waals surface area contributed by atoms with E-state index in [9.17, 15) is 0 Å². The molecule has 3 nitrogen and oxygen atoms in total. The van der Waals surface area contributed by atoms with Crippen LogP contribution in [-0.4, -0.2) is 10.1 Å². The van der Waals surface area contributed by atoms with Gasteiger partial charge in [0.15, 0.2) is 5.11 Å². The highest BCUT2D eigenvalue weighted by atomic mass is 32.1. The van der Waals surface area contributed by atoms with Crippen molar-refractivity contribution in [3.63, 3.8) is 0 Å². The van der Waals surface area contributed by atoms with Crippen LogP contribution < -0.4 is 10.6 Å². The quantitative estimate of drug-likeness (QED) is 0.720. The fourth-order valence-electron chi connectivity index (χ4n) is 2.55. The first-order valence-electron chi connectivity index (χ1n) is 7.79. The van der Waals surface area contributed by atoms with E-state index in [2.05, 4.69) is 31.2 Å². The molecule has 0 saturated heterocycles. The van der Waals surface area contributed by atoms with Gasteiger partial charge in [0.25, 0.3) is 0 Å². The molecule has 0 aliphatic carbocycles. The molecule has 2 N–H and O–H groups in total. The van der Waals surface area contributed by atoms with Gasteiger partial charge in [-0.15, -0.1) is 0 Å². The average Bonchev–Trinajstić information content (AvgIpc) is 2.58. The maximum absolute atomic E-state index is 5.94. The van der Waals surface area contributed by atoms with E-state index in [1.54, 1.807) is 4.90 Å². The fourth-order valence-corrected chi connectivity index (χ4v) is 2.75. The Kier molecular flexibility index (Phi) is 4.87. The number of anilines is 2. The largest absolute Gasteiger partial charge is 0.376 e. The Hall–Kier alpha value is -2.72. The number of aryl methyl sites for hydroxylation is 1. The topological polar surface area (TPSA) is 42.1 Å². The molecule has 1 aromatic heterocycles. The Morgan fingerprint density at radius 2 is 1.67 bits per heavy atom. The summed E-state index contributed by atoms with van der Waals surface area (Å²) in [6, 6.07) is 24.2.